The van der Waals surface area contributed by atoms with Gasteiger partial charge in [0.15, 0.2) is 0 Å². The first kappa shape index (κ1) is 12.8. The van der Waals surface area contributed by atoms with Crippen molar-refractivity contribution in [2.24, 2.45) is 0 Å². The van der Waals surface area contributed by atoms with E-state index < -0.39 is 0 Å². The summed E-state index contributed by atoms with van der Waals surface area (Å²) in [6, 6.07) is 7.14. The molecule has 6 nitrogen and oxygen atoms in total. The molecule has 0 atom stereocenters. The Morgan fingerprint density at radius 3 is 2.47 bits per heavy atom. The van der Waals surface area contributed by atoms with E-state index in [-0.39, 0.29) is 18.2 Å². The molecule has 0 aliphatic heterocycles. The Kier molecular flexibility index (Phi) is 3.92. The van der Waals surface area contributed by atoms with E-state index in [1.807, 2.05) is 0 Å². The zero-order valence-corrected chi connectivity index (χ0v) is 10.4. The van der Waals surface area contributed by atoms with Crippen LogP contribution >= 0.6 is 0 Å². The Balaban J connectivity index is 1.92. The maximum atomic E-state index is 11.7. The third kappa shape index (κ3) is 3.95. The SMILES string of the molecule is CC(=O)Nc1ccc(CC(=O)Nc2cn[nH]c2)cc1. The zero-order valence-electron chi connectivity index (χ0n) is 10.4. The number of hydrogen-bond donors (Lipinski definition) is 3. The Hall–Kier alpha value is -2.63. The van der Waals surface area contributed by atoms with Gasteiger partial charge in [-0.25, -0.2) is 0 Å². The fraction of sp³-hybridized carbons (Fsp3) is 0.154. The highest BCUT2D eigenvalue weighted by molar-refractivity contribution is 5.92. The first-order valence-electron chi connectivity index (χ1n) is 5.78. The highest BCUT2D eigenvalue weighted by Gasteiger charge is 2.05. The van der Waals surface area contributed by atoms with E-state index in [4.69, 9.17) is 0 Å². The lowest BCUT2D eigenvalue weighted by atomic mass is 10.1. The molecule has 0 aliphatic carbocycles. The summed E-state index contributed by atoms with van der Waals surface area (Å²) in [5.74, 6) is -0.237. The molecule has 0 bridgehead atoms. The molecule has 98 valence electrons. The van der Waals surface area contributed by atoms with Crippen LogP contribution in [0, 0.1) is 0 Å². The van der Waals surface area contributed by atoms with Gasteiger partial charge in [-0.3, -0.25) is 14.7 Å². The molecule has 0 radical (unpaired) electrons. The van der Waals surface area contributed by atoms with E-state index in [0.29, 0.717) is 11.4 Å². The fourth-order valence-corrected chi connectivity index (χ4v) is 1.62. The number of benzene rings is 1. The molecule has 1 heterocycles. The number of aromatic nitrogens is 2. The molecule has 3 N–H and O–H groups in total. The van der Waals surface area contributed by atoms with Gasteiger partial charge in [0.2, 0.25) is 11.8 Å². The van der Waals surface area contributed by atoms with Gasteiger partial charge < -0.3 is 10.6 Å². The van der Waals surface area contributed by atoms with Crippen LogP contribution < -0.4 is 10.6 Å². The predicted octanol–water partition coefficient (Wildman–Crippen LogP) is 1.55. The quantitative estimate of drug-likeness (QED) is 0.777. The van der Waals surface area contributed by atoms with Gasteiger partial charge in [-0.1, -0.05) is 12.1 Å². The minimum Gasteiger partial charge on any atom is -0.326 e. The van der Waals surface area contributed by atoms with Crippen LogP contribution in [0.2, 0.25) is 0 Å². The summed E-state index contributed by atoms with van der Waals surface area (Å²) in [4.78, 5) is 22.6. The normalized spacial score (nSPS) is 9.95. The number of hydrogen-bond acceptors (Lipinski definition) is 3. The number of carbonyl (C=O) groups excluding carboxylic acids is 2. The van der Waals surface area contributed by atoms with Crippen LogP contribution in [0.3, 0.4) is 0 Å². The Labute approximate surface area is 110 Å². The molecule has 6 heteroatoms. The van der Waals surface area contributed by atoms with E-state index >= 15 is 0 Å². The van der Waals surface area contributed by atoms with Crippen LogP contribution in [0.1, 0.15) is 12.5 Å². The van der Waals surface area contributed by atoms with Crippen LogP contribution in [0.25, 0.3) is 0 Å². The molecule has 2 rings (SSSR count). The number of nitrogens with zero attached hydrogens (tertiary/aromatic N) is 1. The molecule has 0 fully saturated rings. The maximum Gasteiger partial charge on any atom is 0.228 e. The van der Waals surface area contributed by atoms with Crippen molar-refractivity contribution in [2.45, 2.75) is 13.3 Å². The van der Waals surface area contributed by atoms with Crippen LogP contribution in [-0.4, -0.2) is 22.0 Å². The lowest BCUT2D eigenvalue weighted by molar-refractivity contribution is -0.116. The van der Waals surface area contributed by atoms with Crippen LogP contribution in [0.4, 0.5) is 11.4 Å². The summed E-state index contributed by atoms with van der Waals surface area (Å²) in [6.07, 6.45) is 3.42. The number of carbonyl (C=O) groups is 2. The standard InChI is InChI=1S/C13H14N4O2/c1-9(18)16-11-4-2-10(3-5-11)6-13(19)17-12-7-14-15-8-12/h2-5,7-8H,6H2,1H3,(H,14,15)(H,16,18)(H,17,19). The van der Waals surface area contributed by atoms with Crippen molar-refractivity contribution >= 4 is 23.2 Å². The Bertz CT molecular complexity index is 561. The second-order valence-corrected chi connectivity index (χ2v) is 4.09. The van der Waals surface area contributed by atoms with Crippen molar-refractivity contribution in [3.63, 3.8) is 0 Å². The van der Waals surface area contributed by atoms with Gasteiger partial charge in [0, 0.05) is 18.8 Å². The first-order valence-corrected chi connectivity index (χ1v) is 5.78. The summed E-state index contributed by atoms with van der Waals surface area (Å²) in [5, 5.41) is 11.7. The number of nitrogens with one attached hydrogen (secondary N) is 3. The van der Waals surface area contributed by atoms with Gasteiger partial charge in [-0.15, -0.1) is 0 Å². The lowest BCUT2D eigenvalue weighted by Gasteiger charge is -2.05. The van der Waals surface area contributed by atoms with Gasteiger partial charge >= 0.3 is 0 Å². The molecule has 0 aliphatic rings. The van der Waals surface area contributed by atoms with E-state index in [0.717, 1.165) is 5.56 Å². The van der Waals surface area contributed by atoms with E-state index in [9.17, 15) is 9.59 Å². The number of aromatic amines is 1. The van der Waals surface area contributed by atoms with Crippen molar-refractivity contribution in [3.05, 3.63) is 42.2 Å². The number of H-pyrrole nitrogens is 1. The van der Waals surface area contributed by atoms with Crippen molar-refractivity contribution in [1.82, 2.24) is 10.2 Å². The van der Waals surface area contributed by atoms with E-state index in [1.165, 1.54) is 13.1 Å². The predicted molar refractivity (Wildman–Crippen MR) is 71.7 cm³/mol. The van der Waals surface area contributed by atoms with Crippen molar-refractivity contribution in [3.8, 4) is 0 Å². The van der Waals surface area contributed by atoms with E-state index in [2.05, 4.69) is 20.8 Å². The average molecular weight is 258 g/mol. The summed E-state index contributed by atoms with van der Waals surface area (Å²) in [7, 11) is 0. The second-order valence-electron chi connectivity index (χ2n) is 4.09. The molecular weight excluding hydrogens is 244 g/mol. The maximum absolute atomic E-state index is 11.7. The topological polar surface area (TPSA) is 86.9 Å². The van der Waals surface area contributed by atoms with Crippen LogP contribution in [-0.2, 0) is 16.0 Å². The zero-order chi connectivity index (χ0) is 13.7. The molecule has 0 spiro atoms. The third-order valence-corrected chi connectivity index (χ3v) is 2.42. The number of rotatable bonds is 4. The van der Waals surface area contributed by atoms with Crippen LogP contribution in [0.5, 0.6) is 0 Å². The minimum absolute atomic E-state index is 0.117. The first-order chi connectivity index (χ1) is 9.13. The van der Waals surface area contributed by atoms with Crippen LogP contribution in [0.15, 0.2) is 36.7 Å². The minimum atomic E-state index is -0.120. The molecule has 1 aromatic carbocycles. The highest BCUT2D eigenvalue weighted by atomic mass is 16.2. The third-order valence-electron chi connectivity index (χ3n) is 2.42. The molecule has 19 heavy (non-hydrogen) atoms. The lowest BCUT2D eigenvalue weighted by Crippen LogP contribution is -2.14. The number of anilines is 2. The molecule has 0 saturated heterocycles. The van der Waals surface area contributed by atoms with Gasteiger partial charge in [0.25, 0.3) is 0 Å². The summed E-state index contributed by atoms with van der Waals surface area (Å²) >= 11 is 0. The Morgan fingerprint density at radius 1 is 1.16 bits per heavy atom. The molecule has 2 amide bonds. The molecular formula is C13H14N4O2. The molecule has 1 aromatic heterocycles. The van der Waals surface area contributed by atoms with Gasteiger partial charge in [0.05, 0.1) is 18.3 Å². The molecule has 0 saturated carbocycles. The highest BCUT2D eigenvalue weighted by Crippen LogP contribution is 2.11. The second kappa shape index (κ2) is 5.81. The van der Waals surface area contributed by atoms with E-state index in [1.54, 1.807) is 30.5 Å². The summed E-state index contributed by atoms with van der Waals surface area (Å²) in [5.41, 5.74) is 2.22. The Morgan fingerprint density at radius 2 is 1.89 bits per heavy atom. The molecule has 2 aromatic rings. The molecule has 0 unspecified atom stereocenters. The largest absolute Gasteiger partial charge is 0.326 e. The monoisotopic (exact) mass is 258 g/mol. The van der Waals surface area contributed by atoms with Gasteiger partial charge in [-0.05, 0) is 17.7 Å². The summed E-state index contributed by atoms with van der Waals surface area (Å²) < 4.78 is 0. The fourth-order valence-electron chi connectivity index (χ4n) is 1.62. The smallest absolute Gasteiger partial charge is 0.228 e. The van der Waals surface area contributed by atoms with Crippen molar-refractivity contribution in [2.75, 3.05) is 10.6 Å². The van der Waals surface area contributed by atoms with Gasteiger partial charge in [0.1, 0.15) is 0 Å². The number of amides is 2. The summed E-state index contributed by atoms with van der Waals surface area (Å²) in [6.45, 7) is 1.45. The van der Waals surface area contributed by atoms with Gasteiger partial charge in [-0.2, -0.15) is 5.10 Å². The average Bonchev–Trinajstić information content (AvgIpc) is 2.83. The van der Waals surface area contributed by atoms with Crippen molar-refractivity contribution < 1.29 is 9.59 Å². The van der Waals surface area contributed by atoms with Crippen molar-refractivity contribution in [1.29, 1.82) is 0 Å².